The Kier molecular flexibility index (Phi) is 4.63. The van der Waals surface area contributed by atoms with E-state index >= 15 is 0 Å². The van der Waals surface area contributed by atoms with Crippen LogP contribution in [0.3, 0.4) is 0 Å². The fourth-order valence-electron chi connectivity index (χ4n) is 7.24. The molecule has 3 aromatic heterocycles. The minimum atomic E-state index is 1.18. The lowest BCUT2D eigenvalue weighted by Crippen LogP contribution is -1.92. The van der Waals surface area contributed by atoms with E-state index in [-0.39, 0.29) is 0 Å². The Morgan fingerprint density at radius 1 is 0.465 bits per heavy atom. The second-order valence-electron chi connectivity index (χ2n) is 11.4. The Hall–Kier alpha value is -5.38. The number of nitrogens with zero attached hydrogens (tertiary/aromatic N) is 1. The Morgan fingerprint density at radius 2 is 1.09 bits per heavy atom. The summed E-state index contributed by atoms with van der Waals surface area (Å²) in [6, 6.07) is 50.9. The van der Waals surface area contributed by atoms with Gasteiger partial charge in [-0.15, -0.1) is 11.3 Å². The van der Waals surface area contributed by atoms with Gasteiger partial charge in [0.2, 0.25) is 0 Å². The highest BCUT2D eigenvalue weighted by Crippen LogP contribution is 2.46. The summed E-state index contributed by atoms with van der Waals surface area (Å²) in [5.41, 5.74) is 8.51. The van der Waals surface area contributed by atoms with Crippen LogP contribution in [0.25, 0.3) is 91.4 Å². The third-order valence-corrected chi connectivity index (χ3v) is 10.3. The first-order valence-corrected chi connectivity index (χ1v) is 15.5. The molecule has 0 bridgehead atoms. The van der Waals surface area contributed by atoms with Gasteiger partial charge in [0.05, 0.1) is 21.3 Å². The monoisotopic (exact) mass is 564 g/mol. The van der Waals surface area contributed by atoms with Crippen molar-refractivity contribution in [3.05, 3.63) is 140 Å². The van der Waals surface area contributed by atoms with Crippen LogP contribution in [0.15, 0.2) is 140 Å². The van der Waals surface area contributed by atoms with E-state index in [2.05, 4.69) is 149 Å². The Labute approximate surface area is 251 Å². The molecule has 0 aliphatic heterocycles. The number of hydrogen-bond acceptors (Lipinski definition) is 1. The summed E-state index contributed by atoms with van der Waals surface area (Å²) in [6.07, 6.45) is 0. The van der Waals surface area contributed by atoms with Crippen LogP contribution >= 0.6 is 11.3 Å². The molecule has 0 saturated carbocycles. The summed E-state index contributed by atoms with van der Waals surface area (Å²) in [5.74, 6) is 0. The molecular weight excluding hydrogens is 541 g/mol. The number of fused-ring (bicyclic) bond motifs is 13. The molecule has 10 rings (SSSR count). The molecule has 2 nitrogen and oxygen atoms in total. The van der Waals surface area contributed by atoms with Gasteiger partial charge >= 0.3 is 0 Å². The van der Waals surface area contributed by atoms with Gasteiger partial charge in [0.25, 0.3) is 0 Å². The lowest BCUT2D eigenvalue weighted by molar-refractivity contribution is 1.18. The van der Waals surface area contributed by atoms with Gasteiger partial charge in [0, 0.05) is 48.2 Å². The number of aromatic amines is 1. The number of nitrogens with one attached hydrogen (secondary N) is 1. The van der Waals surface area contributed by atoms with E-state index in [1.165, 1.54) is 91.4 Å². The third-order valence-electron chi connectivity index (χ3n) is 9.11. The van der Waals surface area contributed by atoms with E-state index in [1.54, 1.807) is 0 Å². The molecule has 0 amide bonds. The van der Waals surface area contributed by atoms with Crippen LogP contribution in [0.2, 0.25) is 0 Å². The number of rotatable bonds is 2. The topological polar surface area (TPSA) is 20.7 Å². The molecule has 1 N–H and O–H groups in total. The highest BCUT2D eigenvalue weighted by atomic mass is 32.1. The predicted molar refractivity (Wildman–Crippen MR) is 186 cm³/mol. The molecule has 0 fully saturated rings. The average Bonchev–Trinajstić information content (AvgIpc) is 3.75. The van der Waals surface area contributed by atoms with Crippen LogP contribution < -0.4 is 0 Å². The molecule has 0 radical (unpaired) electrons. The molecule has 3 heteroatoms. The van der Waals surface area contributed by atoms with Gasteiger partial charge in [-0.25, -0.2) is 0 Å². The van der Waals surface area contributed by atoms with Gasteiger partial charge in [-0.1, -0.05) is 91.0 Å². The first kappa shape index (κ1) is 23.2. The van der Waals surface area contributed by atoms with Crippen LogP contribution in [0.4, 0.5) is 0 Å². The van der Waals surface area contributed by atoms with Crippen molar-refractivity contribution in [1.29, 1.82) is 0 Å². The zero-order valence-electron chi connectivity index (χ0n) is 23.1. The van der Waals surface area contributed by atoms with Crippen LogP contribution in [-0.4, -0.2) is 9.55 Å². The van der Waals surface area contributed by atoms with Gasteiger partial charge in [-0.2, -0.15) is 0 Å². The molecule has 7 aromatic carbocycles. The number of hydrogen-bond donors (Lipinski definition) is 1. The van der Waals surface area contributed by atoms with Crippen LogP contribution in [0, 0.1) is 0 Å². The molecular formula is C40H24N2S. The SMILES string of the molecule is c1ccc(-n2c3ccccc3c3cc(-c4ccc5[nH]c6c7sc8ccccc8c7c7ccccc7c6c5c4)ccc32)cc1. The molecule has 10 aromatic rings. The second kappa shape index (κ2) is 8.57. The molecule has 0 aliphatic rings. The van der Waals surface area contributed by atoms with Gasteiger partial charge in [-0.05, 0) is 70.4 Å². The first-order valence-electron chi connectivity index (χ1n) is 14.7. The summed E-state index contributed by atoms with van der Waals surface area (Å²) in [5, 5.41) is 10.5. The minimum absolute atomic E-state index is 1.18. The van der Waals surface area contributed by atoms with Gasteiger partial charge in [0.1, 0.15) is 0 Å². The molecule has 0 atom stereocenters. The van der Waals surface area contributed by atoms with Crippen LogP contribution in [0.5, 0.6) is 0 Å². The van der Waals surface area contributed by atoms with Crippen molar-refractivity contribution in [2.45, 2.75) is 0 Å². The fraction of sp³-hybridized carbons (Fsp3) is 0. The maximum atomic E-state index is 3.84. The molecule has 0 aliphatic carbocycles. The summed E-state index contributed by atoms with van der Waals surface area (Å²) in [7, 11) is 0. The lowest BCUT2D eigenvalue weighted by atomic mass is 9.97. The molecule has 0 saturated heterocycles. The van der Waals surface area contributed by atoms with E-state index in [4.69, 9.17) is 0 Å². The van der Waals surface area contributed by atoms with Gasteiger partial charge < -0.3 is 9.55 Å². The molecule has 0 unspecified atom stereocenters. The van der Waals surface area contributed by atoms with Crippen molar-refractivity contribution < 1.29 is 0 Å². The van der Waals surface area contributed by atoms with Gasteiger partial charge in [-0.3, -0.25) is 0 Å². The number of aromatic nitrogens is 2. The maximum absolute atomic E-state index is 3.84. The number of thiophene rings is 1. The van der Waals surface area contributed by atoms with Crippen molar-refractivity contribution in [2.24, 2.45) is 0 Å². The quantitative estimate of drug-likeness (QED) is 0.216. The van der Waals surface area contributed by atoms with Crippen molar-refractivity contribution in [3.63, 3.8) is 0 Å². The largest absolute Gasteiger partial charge is 0.353 e. The highest BCUT2D eigenvalue weighted by molar-refractivity contribution is 7.27. The third kappa shape index (κ3) is 3.17. The van der Waals surface area contributed by atoms with Crippen molar-refractivity contribution in [3.8, 4) is 16.8 Å². The number of para-hydroxylation sites is 2. The molecule has 3 heterocycles. The van der Waals surface area contributed by atoms with Crippen molar-refractivity contribution in [2.75, 3.05) is 0 Å². The normalized spacial score (nSPS) is 12.2. The lowest BCUT2D eigenvalue weighted by Gasteiger charge is -2.08. The van der Waals surface area contributed by atoms with E-state index in [0.29, 0.717) is 0 Å². The van der Waals surface area contributed by atoms with Crippen molar-refractivity contribution in [1.82, 2.24) is 9.55 Å². The Morgan fingerprint density at radius 3 is 1.93 bits per heavy atom. The Balaban J connectivity index is 1.25. The maximum Gasteiger partial charge on any atom is 0.0653 e. The van der Waals surface area contributed by atoms with E-state index in [0.717, 1.165) is 0 Å². The minimum Gasteiger partial charge on any atom is -0.353 e. The summed E-state index contributed by atoms with van der Waals surface area (Å²) in [6.45, 7) is 0. The van der Waals surface area contributed by atoms with E-state index < -0.39 is 0 Å². The highest BCUT2D eigenvalue weighted by Gasteiger charge is 2.18. The molecule has 200 valence electrons. The average molecular weight is 565 g/mol. The zero-order chi connectivity index (χ0) is 28.1. The number of benzene rings is 7. The zero-order valence-corrected chi connectivity index (χ0v) is 24.0. The standard InChI is InChI=1S/C40H24N2S/c1-2-10-26(11-3-1)42-34-16-8-6-12-27(34)31-22-25(19-21-35(31)42)24-18-20-33-32(23-24)37-28-13-4-5-14-29(28)38-30-15-7-9-17-36(30)43-40(38)39(37)41-33/h1-23,41H. The van der Waals surface area contributed by atoms with Crippen molar-refractivity contribution >= 4 is 85.9 Å². The van der Waals surface area contributed by atoms with Crippen LogP contribution in [-0.2, 0) is 0 Å². The van der Waals surface area contributed by atoms with Crippen LogP contribution in [0.1, 0.15) is 0 Å². The summed E-state index contributed by atoms with van der Waals surface area (Å²) in [4.78, 5) is 3.84. The fourth-order valence-corrected chi connectivity index (χ4v) is 8.46. The second-order valence-corrected chi connectivity index (χ2v) is 12.5. The molecule has 43 heavy (non-hydrogen) atoms. The Bertz CT molecular complexity index is 2720. The summed E-state index contributed by atoms with van der Waals surface area (Å²) >= 11 is 1.89. The predicted octanol–water partition coefficient (Wildman–Crippen LogP) is 11.6. The van der Waals surface area contributed by atoms with E-state index in [9.17, 15) is 0 Å². The molecule has 0 spiro atoms. The smallest absolute Gasteiger partial charge is 0.0653 e. The van der Waals surface area contributed by atoms with E-state index in [1.807, 2.05) is 11.3 Å². The van der Waals surface area contributed by atoms with Gasteiger partial charge in [0.15, 0.2) is 0 Å². The summed E-state index contributed by atoms with van der Waals surface area (Å²) < 4.78 is 5.04. The first-order chi connectivity index (χ1) is 21.3. The number of H-pyrrole nitrogens is 1.